The van der Waals surface area contributed by atoms with Crippen molar-refractivity contribution in [2.45, 2.75) is 0 Å². The van der Waals surface area contributed by atoms with E-state index >= 15 is 0 Å². The Morgan fingerprint density at radius 1 is 0.393 bits per heavy atom. The maximum absolute atomic E-state index is 5.68. The van der Waals surface area contributed by atoms with Gasteiger partial charge in [-0.3, -0.25) is 0 Å². The second-order valence-corrected chi connectivity index (χ2v) is 59.6. The third-order valence-corrected chi connectivity index (χ3v) is 15.3. The molecular formula is Cl18N4P6. The summed E-state index contributed by atoms with van der Waals surface area (Å²) in [7, 11) is -3.87. The van der Waals surface area contributed by atoms with Gasteiger partial charge in [0, 0.05) is 0 Å². The van der Waals surface area contributed by atoms with Gasteiger partial charge in [0.1, 0.15) is 0 Å². The van der Waals surface area contributed by atoms with Crippen molar-refractivity contribution in [2.24, 2.45) is 18.1 Å². The molecule has 0 aliphatic heterocycles. The van der Waals surface area contributed by atoms with Crippen LogP contribution in [0.15, 0.2) is 18.1 Å². The molecule has 0 fully saturated rings. The molecule has 0 spiro atoms. The summed E-state index contributed by atoms with van der Waals surface area (Å²) in [6.45, 7) is 0. The van der Waals surface area contributed by atoms with Crippen molar-refractivity contribution in [3.8, 4) is 0 Å². The summed E-state index contributed by atoms with van der Waals surface area (Å²) in [6.07, 6.45) is 0. The van der Waals surface area contributed by atoms with E-state index in [9.17, 15) is 0 Å². The van der Waals surface area contributed by atoms with Gasteiger partial charge in [-0.1, -0.05) is 0 Å². The summed E-state index contributed by atoms with van der Waals surface area (Å²) >= 11 is 98.1. The Morgan fingerprint density at radius 2 is 0.500 bits per heavy atom. The second kappa shape index (κ2) is 11.8. The second-order valence-electron chi connectivity index (χ2n) is 3.53. The third-order valence-electron chi connectivity index (χ3n) is 0.886. The summed E-state index contributed by atoms with van der Waals surface area (Å²) in [4.78, 5) is 0. The van der Waals surface area contributed by atoms with E-state index in [0.29, 0.717) is 0 Å². The molecule has 0 bridgehead atoms. The summed E-state index contributed by atoms with van der Waals surface area (Å²) < 4.78 is 10.1. The fraction of sp³-hybridized carbons (Fsp3) is 0. The minimum absolute atomic E-state index is 3.46. The molecule has 0 atom stereocenters. The molecule has 0 aromatic rings. The molecule has 0 amide bonds. The van der Waals surface area contributed by atoms with Crippen molar-refractivity contribution in [3.05, 3.63) is 0 Å². The number of hydrogen-bond donors (Lipinski definition) is 0. The Morgan fingerprint density at radius 3 is 0.571 bits per heavy atom. The molecule has 176 valence electrons. The van der Waals surface area contributed by atoms with Crippen molar-refractivity contribution in [2.75, 3.05) is 0 Å². The topological polar surface area (TPSA) is 49.4 Å². The third kappa shape index (κ3) is 35.2. The van der Waals surface area contributed by atoms with Crippen molar-refractivity contribution in [1.82, 2.24) is 0 Å². The van der Waals surface area contributed by atoms with Gasteiger partial charge >= 0.3 is 77.4 Å². The Kier molecular flexibility index (Phi) is 15.7. The van der Waals surface area contributed by atoms with Crippen LogP contribution in [-0.2, 0) is 0 Å². The van der Waals surface area contributed by atoms with Gasteiger partial charge in [-0.15, -0.1) is 0 Å². The van der Waals surface area contributed by atoms with Crippen LogP contribution in [0.4, 0.5) is 0 Å². The summed E-state index contributed by atoms with van der Waals surface area (Å²) in [5.41, 5.74) is 0. The van der Waals surface area contributed by atoms with E-state index in [1.165, 1.54) is 0 Å². The van der Waals surface area contributed by atoms with E-state index in [1.807, 2.05) is 0 Å². The predicted molar refractivity (Wildman–Crippen MR) is 157 cm³/mol. The maximum atomic E-state index is 5.68. The Bertz CT molecular complexity index is 620. The molecule has 0 aromatic carbocycles. The van der Waals surface area contributed by atoms with Crippen LogP contribution >= 0.6 is 233 Å². The summed E-state index contributed by atoms with van der Waals surface area (Å²) in [5, 5.41) is -13.8. The van der Waals surface area contributed by atoms with Gasteiger partial charge in [-0.2, -0.15) is 0 Å². The normalized spacial score (nSPS) is 16.8. The molecule has 28 heteroatoms. The first-order valence-corrected chi connectivity index (χ1v) is 32.2. The van der Waals surface area contributed by atoms with Gasteiger partial charge in [-0.25, -0.2) is 0 Å². The number of nitrogens with zero attached hydrogens (tertiary/aromatic N) is 4. The molecule has 0 aliphatic carbocycles. The van der Waals surface area contributed by atoms with E-state index < -0.39 is 30.4 Å². The molecular weight excluding hydrogens is 880 g/mol. The molecule has 0 N–H and O–H groups in total. The number of rotatable bonds is 4. The molecule has 0 aliphatic rings. The van der Waals surface area contributed by atoms with Crippen molar-refractivity contribution < 1.29 is 0 Å². The van der Waals surface area contributed by atoms with Crippen LogP contribution in [0.5, 0.6) is 0 Å². The quantitative estimate of drug-likeness (QED) is 0.253. The molecule has 0 radical (unpaired) electrons. The SMILES string of the molecule is ClP(Cl)(Cl)=N[P+](N=P(Cl)(Cl)Cl)(N=P(Cl)(Cl)Cl)N=P(Cl)(Cl)Cl.Cl[P-](Cl)(Cl)(Cl)(Cl)Cl. The predicted octanol–water partition coefficient (Wildman–Crippen LogP) is 18.3. The van der Waals surface area contributed by atoms with Crippen molar-refractivity contribution in [3.63, 3.8) is 0 Å². The molecule has 0 heterocycles. The monoisotopic (exact) mass is 871 g/mol. The first-order chi connectivity index (χ1) is 11.3. The minimum atomic E-state index is -4.82. The Labute approximate surface area is 247 Å². The van der Waals surface area contributed by atoms with Crippen molar-refractivity contribution >= 4 is 233 Å². The molecule has 0 saturated carbocycles. The molecule has 4 nitrogen and oxygen atoms in total. The van der Waals surface area contributed by atoms with Gasteiger partial charge in [0.15, 0.2) is 0 Å². The first-order valence-electron chi connectivity index (χ1n) is 4.64. The number of halogens is 18. The summed E-state index contributed by atoms with van der Waals surface area (Å²) in [5.74, 6) is 0. The Hall–Kier alpha value is 7.00. The van der Waals surface area contributed by atoms with E-state index in [-0.39, 0.29) is 0 Å². The van der Waals surface area contributed by atoms with Crippen molar-refractivity contribution in [1.29, 1.82) is 0 Å². The van der Waals surface area contributed by atoms with Crippen LogP contribution in [-0.4, -0.2) is 0 Å². The van der Waals surface area contributed by atoms with Gasteiger partial charge in [0.05, 0.1) is 0 Å². The van der Waals surface area contributed by atoms with Crippen LogP contribution < -0.4 is 0 Å². The Balaban J connectivity index is 0. The van der Waals surface area contributed by atoms with Crippen LogP contribution in [0.2, 0.25) is 0 Å². The van der Waals surface area contributed by atoms with E-state index in [4.69, 9.17) is 202 Å². The van der Waals surface area contributed by atoms with Gasteiger partial charge in [0.2, 0.25) is 0 Å². The van der Waals surface area contributed by atoms with E-state index in [1.54, 1.807) is 0 Å². The van der Waals surface area contributed by atoms with Gasteiger partial charge < -0.3 is 0 Å². The fourth-order valence-electron chi connectivity index (χ4n) is 0.652. The first kappa shape index (κ1) is 37.2. The molecule has 0 unspecified atom stereocenters. The van der Waals surface area contributed by atoms with E-state index in [0.717, 1.165) is 0 Å². The van der Waals surface area contributed by atoms with E-state index in [2.05, 4.69) is 18.1 Å². The van der Waals surface area contributed by atoms with Gasteiger partial charge in [-0.05, 0) is 153 Å². The van der Waals surface area contributed by atoms with Gasteiger partial charge in [0.25, 0.3) is 20.4 Å². The zero-order valence-corrected chi connectivity index (χ0v) is 30.2. The summed E-state index contributed by atoms with van der Waals surface area (Å²) in [6, 6.07) is 0. The van der Waals surface area contributed by atoms with Crippen LogP contribution in [0.1, 0.15) is 0 Å². The average Bonchev–Trinajstić information content (AvgIpc) is 1.93. The fourth-order valence-corrected chi connectivity index (χ4v) is 17.6. The van der Waals surface area contributed by atoms with Crippen LogP contribution in [0, 0.1) is 0 Å². The zero-order chi connectivity index (χ0) is 23.7. The average molecular weight is 880 g/mol. The molecule has 0 aromatic heterocycles. The molecule has 0 saturated heterocycles. The molecule has 0 rings (SSSR count). The molecule has 28 heavy (non-hydrogen) atoms. The zero-order valence-electron chi connectivity index (χ0n) is 11.3. The van der Waals surface area contributed by atoms with Crippen LogP contribution in [0.3, 0.4) is 0 Å². The number of hydrogen-bond acceptors (Lipinski definition) is 4. The van der Waals surface area contributed by atoms with Crippen LogP contribution in [0.25, 0.3) is 0 Å². The standard InChI is InChI=1S/Cl12N4P5.Cl6P/c1-17(2,3)13-21(14-18(4,5)6,15-19(7,8)9)16-20(10,11)12;1-7(2,3,4,5)6/q+1;-1.